The highest BCUT2D eigenvalue weighted by molar-refractivity contribution is 6.17. The molecule has 0 bridgehead atoms. The molecule has 0 saturated carbocycles. The van der Waals surface area contributed by atoms with Gasteiger partial charge < -0.3 is 34.6 Å². The molecule has 2 rings (SSSR count). The van der Waals surface area contributed by atoms with E-state index in [2.05, 4.69) is 48.0 Å². The van der Waals surface area contributed by atoms with E-state index in [1.54, 1.807) is 0 Å². The molecule has 0 heterocycles. The number of hydrogen-bond donors (Lipinski definition) is 2. The third kappa shape index (κ3) is 13.3. The van der Waals surface area contributed by atoms with Gasteiger partial charge in [-0.05, 0) is 60.9 Å². The number of amides is 3. The molecule has 0 radical (unpaired) electrons. The Morgan fingerprint density at radius 2 is 1.49 bits per heavy atom. The van der Waals surface area contributed by atoms with Crippen molar-refractivity contribution >= 4 is 52.7 Å². The third-order valence-corrected chi connectivity index (χ3v) is 6.87. The molecule has 0 aliphatic rings. The number of benzene rings is 2. The molecular formula is C33H47ClN4O7. The molecule has 1 atom stereocenters. The number of nitrogens with one attached hydrogen (secondary N) is 2. The lowest BCUT2D eigenvalue weighted by Gasteiger charge is -2.31. The Bertz CT molecular complexity index is 1260. The van der Waals surface area contributed by atoms with Crippen molar-refractivity contribution in [2.45, 2.75) is 60.3 Å². The summed E-state index contributed by atoms with van der Waals surface area (Å²) in [5.74, 6) is -0.759. The molecule has 0 unspecified atom stereocenters. The summed E-state index contributed by atoms with van der Waals surface area (Å²) in [4.78, 5) is 52.6. The Labute approximate surface area is 271 Å². The highest BCUT2D eigenvalue weighted by atomic mass is 35.5. The van der Waals surface area contributed by atoms with Crippen LogP contribution < -0.4 is 15.5 Å². The first-order valence-electron chi connectivity index (χ1n) is 15.1. The van der Waals surface area contributed by atoms with Crippen LogP contribution in [0.1, 0.15) is 64.5 Å². The van der Waals surface area contributed by atoms with Crippen LogP contribution >= 0.6 is 11.6 Å². The van der Waals surface area contributed by atoms with Crippen molar-refractivity contribution < 1.29 is 33.4 Å². The summed E-state index contributed by atoms with van der Waals surface area (Å²) in [6.45, 7) is 13.2. The second kappa shape index (κ2) is 18.7. The number of halogens is 1. The van der Waals surface area contributed by atoms with Crippen LogP contribution in [-0.2, 0) is 23.8 Å². The number of esters is 2. The number of rotatable bonds is 16. The van der Waals surface area contributed by atoms with Gasteiger partial charge in [-0.15, -0.1) is 0 Å². The minimum absolute atomic E-state index is 0.0338. The van der Waals surface area contributed by atoms with Crippen LogP contribution in [0.3, 0.4) is 0 Å². The molecule has 3 amide bonds. The first kappa shape index (κ1) is 37.2. The molecule has 11 nitrogen and oxygen atoms in total. The molecule has 248 valence electrons. The van der Waals surface area contributed by atoms with E-state index in [-0.39, 0.29) is 24.4 Å². The molecule has 0 spiro atoms. The van der Waals surface area contributed by atoms with E-state index in [9.17, 15) is 19.2 Å². The number of nitrogens with zero attached hydrogens (tertiary/aromatic N) is 2. The fourth-order valence-corrected chi connectivity index (χ4v) is 4.73. The average Bonchev–Trinajstić information content (AvgIpc) is 2.96. The molecule has 12 heteroatoms. The van der Waals surface area contributed by atoms with Gasteiger partial charge in [-0.1, -0.05) is 70.0 Å². The first-order valence-corrected chi connectivity index (χ1v) is 15.6. The minimum atomic E-state index is -0.784. The summed E-state index contributed by atoms with van der Waals surface area (Å²) < 4.78 is 14.7. The zero-order valence-corrected chi connectivity index (χ0v) is 28.1. The highest BCUT2D eigenvalue weighted by Crippen LogP contribution is 2.34. The minimum Gasteiger partial charge on any atom is -0.433 e. The van der Waals surface area contributed by atoms with E-state index in [0.717, 1.165) is 34.8 Å². The summed E-state index contributed by atoms with van der Waals surface area (Å²) in [6, 6.07) is 12.7. The van der Waals surface area contributed by atoms with Gasteiger partial charge in [0.25, 0.3) is 0 Å². The third-order valence-electron chi connectivity index (χ3n) is 6.76. The predicted octanol–water partition coefficient (Wildman–Crippen LogP) is 6.95. The molecule has 0 aliphatic heterocycles. The summed E-state index contributed by atoms with van der Waals surface area (Å²) >= 11 is 5.35. The van der Waals surface area contributed by atoms with Gasteiger partial charge in [0.1, 0.15) is 6.54 Å². The Hall–Kier alpha value is -3.99. The lowest BCUT2D eigenvalue weighted by atomic mass is 9.92. The molecular weight excluding hydrogens is 600 g/mol. The largest absolute Gasteiger partial charge is 0.433 e. The number of anilines is 3. The number of alkyl halides is 1. The maximum absolute atomic E-state index is 13.1. The number of hydrogen-bond acceptors (Lipinski definition) is 8. The second-order valence-corrected chi connectivity index (χ2v) is 12.0. The van der Waals surface area contributed by atoms with Crippen molar-refractivity contribution in [1.29, 1.82) is 0 Å². The van der Waals surface area contributed by atoms with E-state index in [1.807, 2.05) is 56.3 Å². The van der Waals surface area contributed by atoms with Gasteiger partial charge in [0.15, 0.2) is 6.07 Å². The van der Waals surface area contributed by atoms with Gasteiger partial charge in [0, 0.05) is 25.8 Å². The molecule has 45 heavy (non-hydrogen) atoms. The number of carbonyl (C=O) groups is 4. The quantitative estimate of drug-likeness (QED) is 0.114. The maximum atomic E-state index is 13.1. The van der Waals surface area contributed by atoms with Gasteiger partial charge >= 0.3 is 24.1 Å². The topological polar surface area (TPSA) is 127 Å². The standard InChI is InChI=1S/C33H47ClN4O7/c1-8-25(16-30(39)44-21-45-31(40)19-37(7)33(42)43-20-34)26-11-14-29(38(17-22(2)3)18-23(4)5)28(15-26)36-32(41)35-27-12-9-24(6)10-13-27/h9-15,22-23,25H,8,16-21H2,1-7H3,(H2,35,36,41)/t25-/m0/s1. The van der Waals surface area contributed by atoms with Crippen LogP contribution in [0.2, 0.25) is 0 Å². The Kier molecular flexibility index (Phi) is 15.5. The fraction of sp³-hybridized carbons (Fsp3) is 0.515. The van der Waals surface area contributed by atoms with Crippen molar-refractivity contribution in [2.75, 3.05) is 55.1 Å². The van der Waals surface area contributed by atoms with Crippen LogP contribution in [0.15, 0.2) is 42.5 Å². The highest BCUT2D eigenvalue weighted by Gasteiger charge is 2.22. The van der Waals surface area contributed by atoms with Crippen molar-refractivity contribution in [2.24, 2.45) is 11.8 Å². The van der Waals surface area contributed by atoms with E-state index in [1.165, 1.54) is 7.05 Å². The van der Waals surface area contributed by atoms with Crippen LogP contribution in [0.25, 0.3) is 0 Å². The molecule has 0 aromatic heterocycles. The molecule has 2 aromatic rings. The monoisotopic (exact) mass is 646 g/mol. The number of likely N-dealkylation sites (N-methyl/N-ethyl adjacent to an activating group) is 1. The molecule has 2 aromatic carbocycles. The van der Waals surface area contributed by atoms with Crippen molar-refractivity contribution in [1.82, 2.24) is 4.90 Å². The SMILES string of the molecule is CC[C@@H](CC(=O)OCOC(=O)CN(C)C(=O)OCCl)c1ccc(N(CC(C)C)CC(C)C)c(NC(=O)Nc2ccc(C)cc2)c1. The van der Waals surface area contributed by atoms with E-state index < -0.39 is 31.4 Å². The number of ether oxygens (including phenoxy) is 3. The smallest absolute Gasteiger partial charge is 0.411 e. The lowest BCUT2D eigenvalue weighted by molar-refractivity contribution is -0.167. The lowest BCUT2D eigenvalue weighted by Crippen LogP contribution is -2.33. The Morgan fingerprint density at radius 1 is 0.867 bits per heavy atom. The maximum Gasteiger partial charge on any atom is 0.411 e. The van der Waals surface area contributed by atoms with Gasteiger partial charge in [-0.3, -0.25) is 9.59 Å². The van der Waals surface area contributed by atoms with Crippen molar-refractivity contribution in [3.63, 3.8) is 0 Å². The first-order chi connectivity index (χ1) is 21.3. The normalized spacial score (nSPS) is 11.5. The van der Waals surface area contributed by atoms with Gasteiger partial charge in [0.05, 0.1) is 17.8 Å². The second-order valence-electron chi connectivity index (χ2n) is 11.7. The van der Waals surface area contributed by atoms with Gasteiger partial charge in [-0.25, -0.2) is 9.59 Å². The molecule has 2 N–H and O–H groups in total. The predicted molar refractivity (Wildman–Crippen MR) is 177 cm³/mol. The number of aryl methyl sites for hydroxylation is 1. The van der Waals surface area contributed by atoms with Crippen LogP contribution in [-0.4, -0.2) is 68.5 Å². The van der Waals surface area contributed by atoms with Crippen LogP contribution in [0.4, 0.5) is 26.7 Å². The van der Waals surface area contributed by atoms with Crippen LogP contribution in [0.5, 0.6) is 0 Å². The summed E-state index contributed by atoms with van der Waals surface area (Å²) in [5.41, 5.74) is 4.15. The average molecular weight is 647 g/mol. The summed E-state index contributed by atoms with van der Waals surface area (Å²) in [5, 5.41) is 5.94. The van der Waals surface area contributed by atoms with Crippen molar-refractivity contribution in [3.05, 3.63) is 53.6 Å². The van der Waals surface area contributed by atoms with Crippen LogP contribution in [0, 0.1) is 18.8 Å². The van der Waals surface area contributed by atoms with Gasteiger partial charge in [-0.2, -0.15) is 0 Å². The summed E-state index contributed by atoms with van der Waals surface area (Å²) in [6.07, 6.45) is -0.126. The number of carbonyl (C=O) groups excluding carboxylic acids is 4. The zero-order chi connectivity index (χ0) is 33.5. The van der Waals surface area contributed by atoms with E-state index >= 15 is 0 Å². The number of urea groups is 1. The van der Waals surface area contributed by atoms with Crippen molar-refractivity contribution in [3.8, 4) is 0 Å². The molecule has 0 aliphatic carbocycles. The Balaban J connectivity index is 2.19. The zero-order valence-electron chi connectivity index (χ0n) is 27.4. The summed E-state index contributed by atoms with van der Waals surface area (Å²) in [7, 11) is 1.35. The fourth-order valence-electron chi connectivity index (χ4n) is 4.64. The van der Waals surface area contributed by atoms with Gasteiger partial charge in [0.2, 0.25) is 6.79 Å². The van der Waals surface area contributed by atoms with E-state index in [0.29, 0.717) is 29.6 Å². The van der Waals surface area contributed by atoms with E-state index in [4.69, 9.17) is 21.1 Å². The molecule has 0 fully saturated rings. The Morgan fingerprint density at radius 3 is 2.07 bits per heavy atom. The molecule has 0 saturated heterocycles.